The van der Waals surface area contributed by atoms with E-state index in [-0.39, 0.29) is 0 Å². The number of hydrogen-bond donors (Lipinski definition) is 3. The quantitative estimate of drug-likeness (QED) is 0.460. The van der Waals surface area contributed by atoms with Crippen LogP contribution < -0.4 is 15.5 Å². The summed E-state index contributed by atoms with van der Waals surface area (Å²) in [6.07, 6.45) is 2.21. The minimum Gasteiger partial charge on any atom is -0.368 e. The number of H-pyrrole nitrogens is 1. The molecule has 6 rings (SSSR count). The molecule has 29 heavy (non-hydrogen) atoms. The molecule has 9 heteroatoms. The molecule has 0 aliphatic carbocycles. The Morgan fingerprint density at radius 2 is 1.97 bits per heavy atom. The lowest BCUT2D eigenvalue weighted by molar-refractivity contribution is 0.446. The van der Waals surface area contributed by atoms with E-state index in [2.05, 4.69) is 30.3 Å². The van der Waals surface area contributed by atoms with Crippen molar-refractivity contribution in [2.24, 2.45) is 0 Å². The van der Waals surface area contributed by atoms with E-state index in [9.17, 15) is 0 Å². The molecule has 1 fully saturated rings. The molecule has 150 valence electrons. The lowest BCUT2D eigenvalue weighted by Gasteiger charge is -2.34. The SMILES string of the molecule is Clc1ccc(Cl)c(CN2CCNc3c2c2c(-c4n[nH]c(C5CCNCC5)n4)n3-2)c1. The molecule has 2 aromatic rings. The van der Waals surface area contributed by atoms with Crippen molar-refractivity contribution in [1.82, 2.24) is 25.1 Å². The Balaban J connectivity index is 1.28. The van der Waals surface area contributed by atoms with E-state index in [1.165, 1.54) is 11.4 Å². The largest absolute Gasteiger partial charge is 0.368 e. The zero-order valence-electron chi connectivity index (χ0n) is 15.8. The maximum absolute atomic E-state index is 6.40. The van der Waals surface area contributed by atoms with Crippen molar-refractivity contribution in [3.63, 3.8) is 0 Å². The number of nitrogens with one attached hydrogen (secondary N) is 3. The number of rotatable bonds is 4. The summed E-state index contributed by atoms with van der Waals surface area (Å²) in [4.78, 5) is 7.19. The van der Waals surface area contributed by atoms with Gasteiger partial charge in [-0.3, -0.25) is 9.67 Å². The maximum atomic E-state index is 6.40. The second-order valence-corrected chi connectivity index (χ2v) is 8.73. The third-order valence-electron chi connectivity index (χ3n) is 6.09. The Hall–Kier alpha value is -2.22. The summed E-state index contributed by atoms with van der Waals surface area (Å²) in [6, 6.07) is 5.64. The van der Waals surface area contributed by atoms with Gasteiger partial charge in [-0.2, -0.15) is 5.10 Å². The molecule has 4 aliphatic rings. The van der Waals surface area contributed by atoms with Crippen molar-refractivity contribution in [2.75, 3.05) is 36.4 Å². The molecule has 0 saturated carbocycles. The highest BCUT2D eigenvalue weighted by Crippen LogP contribution is 2.58. The first-order valence-corrected chi connectivity index (χ1v) is 10.8. The van der Waals surface area contributed by atoms with Gasteiger partial charge in [-0.1, -0.05) is 23.2 Å². The van der Waals surface area contributed by atoms with Crippen molar-refractivity contribution in [3.8, 4) is 17.2 Å². The number of benzene rings is 1. The zero-order valence-corrected chi connectivity index (χ0v) is 17.3. The lowest BCUT2D eigenvalue weighted by Crippen LogP contribution is -2.36. The van der Waals surface area contributed by atoms with Gasteiger partial charge in [-0.15, -0.1) is 0 Å². The number of piperidine rings is 1. The smallest absolute Gasteiger partial charge is 0.200 e. The van der Waals surface area contributed by atoms with Crippen molar-refractivity contribution in [1.29, 1.82) is 0 Å². The molecule has 4 aliphatic heterocycles. The molecule has 0 atom stereocenters. The summed E-state index contributed by atoms with van der Waals surface area (Å²) in [6.45, 7) is 4.63. The van der Waals surface area contributed by atoms with Gasteiger partial charge in [0.25, 0.3) is 0 Å². The fraction of sp³-hybridized carbons (Fsp3) is 0.400. The minimum absolute atomic E-state index is 0.469. The molecule has 3 N–H and O–H groups in total. The summed E-state index contributed by atoms with van der Waals surface area (Å²) < 4.78 is 2.22. The third-order valence-corrected chi connectivity index (χ3v) is 6.70. The van der Waals surface area contributed by atoms with Crippen LogP contribution in [0.2, 0.25) is 10.0 Å². The van der Waals surface area contributed by atoms with Crippen molar-refractivity contribution < 1.29 is 0 Å². The van der Waals surface area contributed by atoms with Gasteiger partial charge >= 0.3 is 0 Å². The van der Waals surface area contributed by atoms with E-state index in [0.29, 0.717) is 10.9 Å². The molecule has 1 aromatic carbocycles. The zero-order chi connectivity index (χ0) is 19.5. The van der Waals surface area contributed by atoms with Crippen molar-refractivity contribution >= 4 is 34.7 Å². The molecule has 5 heterocycles. The van der Waals surface area contributed by atoms with Crippen LogP contribution in [0.25, 0.3) is 17.2 Å². The fourth-order valence-electron chi connectivity index (χ4n) is 4.55. The highest BCUT2D eigenvalue weighted by molar-refractivity contribution is 6.33. The van der Waals surface area contributed by atoms with Gasteiger partial charge in [0.05, 0.1) is 0 Å². The van der Waals surface area contributed by atoms with Crippen molar-refractivity contribution in [3.05, 3.63) is 39.6 Å². The predicted octanol–water partition coefficient (Wildman–Crippen LogP) is 3.78. The van der Waals surface area contributed by atoms with Crippen LogP contribution in [0.5, 0.6) is 0 Å². The van der Waals surface area contributed by atoms with Crippen LogP contribution in [0.1, 0.15) is 30.1 Å². The number of fused-ring (bicyclic) bond motifs is 4. The van der Waals surface area contributed by atoms with Crippen LogP contribution >= 0.6 is 23.2 Å². The first-order valence-electron chi connectivity index (χ1n) is 10.1. The summed E-state index contributed by atoms with van der Waals surface area (Å²) >= 11 is 12.6. The Morgan fingerprint density at radius 3 is 2.83 bits per heavy atom. The standard InChI is InChI=1S/C20H21Cl2N7/c21-13-1-2-14(22)12(9-13)10-28-8-7-24-20-17(28)15-16(29(15)20)19-25-18(26-27-19)11-3-5-23-6-4-11/h1-2,9,11,23-24H,3-8,10H2,(H,25,26,27). The van der Waals surface area contributed by atoms with Gasteiger partial charge in [-0.05, 0) is 49.7 Å². The summed E-state index contributed by atoms with van der Waals surface area (Å²) in [5.74, 6) is 3.42. The van der Waals surface area contributed by atoms with Crippen LogP contribution in [-0.2, 0) is 6.54 Å². The Bertz CT molecular complexity index is 1100. The number of aromatic nitrogens is 4. The van der Waals surface area contributed by atoms with Gasteiger partial charge < -0.3 is 15.5 Å². The monoisotopic (exact) mass is 429 g/mol. The summed E-state index contributed by atoms with van der Waals surface area (Å²) in [5.41, 5.74) is 4.61. The molecule has 1 aromatic heterocycles. The second-order valence-electron chi connectivity index (χ2n) is 7.88. The van der Waals surface area contributed by atoms with Crippen LogP contribution in [0.4, 0.5) is 11.5 Å². The average molecular weight is 430 g/mol. The Morgan fingerprint density at radius 1 is 1.10 bits per heavy atom. The number of halogens is 2. The van der Waals surface area contributed by atoms with Crippen LogP contribution in [0, 0.1) is 0 Å². The number of hydrogen-bond acceptors (Lipinski definition) is 5. The molecular weight excluding hydrogens is 409 g/mol. The minimum atomic E-state index is 0.469. The van der Waals surface area contributed by atoms with Gasteiger partial charge in [0.2, 0.25) is 0 Å². The van der Waals surface area contributed by atoms with Crippen molar-refractivity contribution in [2.45, 2.75) is 25.3 Å². The average Bonchev–Trinajstić information content (AvgIpc) is 3.11. The van der Waals surface area contributed by atoms with Crippen LogP contribution in [0.3, 0.4) is 0 Å². The van der Waals surface area contributed by atoms with Crippen LogP contribution in [0.15, 0.2) is 18.2 Å². The van der Waals surface area contributed by atoms with Gasteiger partial charge in [0.15, 0.2) is 5.82 Å². The topological polar surface area (TPSA) is 73.8 Å². The third kappa shape index (κ3) is 2.83. The van der Waals surface area contributed by atoms with Gasteiger partial charge in [0, 0.05) is 35.6 Å². The lowest BCUT2D eigenvalue weighted by atomic mass is 9.98. The van der Waals surface area contributed by atoms with E-state index >= 15 is 0 Å². The molecule has 7 nitrogen and oxygen atoms in total. The second kappa shape index (κ2) is 6.65. The van der Waals surface area contributed by atoms with E-state index in [1.807, 2.05) is 18.2 Å². The summed E-state index contributed by atoms with van der Waals surface area (Å²) in [7, 11) is 0. The van der Waals surface area contributed by atoms with Crippen LogP contribution in [-0.4, -0.2) is 45.9 Å². The molecular formula is C20H21Cl2N7. The molecule has 0 unspecified atom stereocenters. The number of nitrogens with zero attached hydrogens (tertiary/aromatic N) is 4. The predicted molar refractivity (Wildman–Crippen MR) is 116 cm³/mol. The van der Waals surface area contributed by atoms with Gasteiger partial charge in [-0.25, -0.2) is 4.98 Å². The maximum Gasteiger partial charge on any atom is 0.200 e. The first-order chi connectivity index (χ1) is 14.2. The highest BCUT2D eigenvalue weighted by atomic mass is 35.5. The number of aromatic amines is 1. The van der Waals surface area contributed by atoms with E-state index in [4.69, 9.17) is 28.2 Å². The van der Waals surface area contributed by atoms with Gasteiger partial charge in [0.1, 0.15) is 28.7 Å². The molecule has 1 saturated heterocycles. The fourth-order valence-corrected chi connectivity index (χ4v) is 4.92. The van der Waals surface area contributed by atoms with E-state index in [0.717, 1.165) is 79.3 Å². The van der Waals surface area contributed by atoms with E-state index in [1.54, 1.807) is 0 Å². The van der Waals surface area contributed by atoms with E-state index < -0.39 is 0 Å². The molecule has 0 spiro atoms. The first kappa shape index (κ1) is 17.6. The highest BCUT2D eigenvalue weighted by Gasteiger charge is 2.44. The molecule has 0 amide bonds. The summed E-state index contributed by atoms with van der Waals surface area (Å²) in [5, 5.41) is 16.1. The number of anilines is 2. The normalized spacial score (nSPS) is 17.9. The Labute approximate surface area is 178 Å². The molecule has 0 bridgehead atoms. The molecule has 0 radical (unpaired) electrons. The Kier molecular flexibility index (Phi) is 4.04.